The molecule has 1 aliphatic heterocycles. The molecule has 2 aliphatic rings. The molecule has 1 fully saturated rings. The molecule has 2 aromatic heterocycles. The number of carbonyl (C=O) groups excluding carboxylic acids is 1. The molecule has 6 nitrogen and oxygen atoms in total. The topological polar surface area (TPSA) is 63.1 Å². The van der Waals surface area contributed by atoms with Gasteiger partial charge in [-0.15, -0.1) is 0 Å². The van der Waals surface area contributed by atoms with Crippen molar-refractivity contribution in [3.8, 4) is 11.1 Å². The van der Waals surface area contributed by atoms with Crippen molar-refractivity contribution in [1.82, 2.24) is 19.7 Å². The monoisotopic (exact) mass is 467 g/mol. The van der Waals surface area contributed by atoms with E-state index in [9.17, 15) is 13.6 Å². The maximum absolute atomic E-state index is 14.6. The minimum Gasteiger partial charge on any atom is -0.323 e. The zero-order valence-corrected chi connectivity index (χ0v) is 19.1. The molecule has 33 heavy (non-hydrogen) atoms. The second kappa shape index (κ2) is 9.12. The minimum atomic E-state index is -0.964. The molecule has 0 bridgehead atoms. The standard InChI is InChI=1S/C24H24F2N5OP/c25-21-10-27-8-15(24(21)18-9-28-31(13-18)20-4-5-20)2-6-23(32)29-19-3-1-16-11-30(14-22(26)33)12-17(16)7-19/h1-3,6-10,13,20,22H,4-5,11-12,14,33H2,(H,29,32)/b6-2+. The highest BCUT2D eigenvalue weighted by atomic mass is 31.0. The Morgan fingerprint density at radius 1 is 1.24 bits per heavy atom. The van der Waals surface area contributed by atoms with E-state index in [1.807, 2.05) is 34.0 Å². The van der Waals surface area contributed by atoms with Gasteiger partial charge in [0, 0.05) is 60.5 Å². The number of aromatic nitrogens is 3. The van der Waals surface area contributed by atoms with Crippen LogP contribution in [0, 0.1) is 5.82 Å². The molecule has 1 saturated carbocycles. The predicted molar refractivity (Wildman–Crippen MR) is 127 cm³/mol. The molecule has 5 rings (SSSR count). The van der Waals surface area contributed by atoms with Gasteiger partial charge in [-0.25, -0.2) is 8.78 Å². The first-order valence-corrected chi connectivity index (χ1v) is 11.5. The van der Waals surface area contributed by atoms with Gasteiger partial charge in [0.15, 0.2) is 0 Å². The maximum atomic E-state index is 14.6. The number of carbonyl (C=O) groups is 1. The molecule has 0 saturated heterocycles. The van der Waals surface area contributed by atoms with Crippen LogP contribution in [0.15, 0.2) is 49.1 Å². The van der Waals surface area contributed by atoms with E-state index in [0.29, 0.717) is 48.1 Å². The molecule has 9 heteroatoms. The lowest BCUT2D eigenvalue weighted by molar-refractivity contribution is -0.111. The summed E-state index contributed by atoms with van der Waals surface area (Å²) >= 11 is 0. The summed E-state index contributed by atoms with van der Waals surface area (Å²) in [7, 11) is 2.17. The Bertz CT molecular complexity index is 1220. The second-order valence-electron chi connectivity index (χ2n) is 8.52. The molecule has 3 heterocycles. The third-order valence-electron chi connectivity index (χ3n) is 5.85. The summed E-state index contributed by atoms with van der Waals surface area (Å²) in [5.74, 6) is -1.76. The Labute approximate surface area is 192 Å². The van der Waals surface area contributed by atoms with E-state index in [-0.39, 0.29) is 5.91 Å². The highest BCUT2D eigenvalue weighted by Crippen LogP contribution is 2.36. The fourth-order valence-corrected chi connectivity index (χ4v) is 4.45. The average Bonchev–Trinajstić information content (AvgIpc) is 3.37. The second-order valence-corrected chi connectivity index (χ2v) is 9.24. The van der Waals surface area contributed by atoms with Crippen LogP contribution in [-0.2, 0) is 17.9 Å². The highest BCUT2D eigenvalue weighted by Gasteiger charge is 2.25. The highest BCUT2D eigenvalue weighted by molar-refractivity contribution is 7.17. The maximum Gasteiger partial charge on any atom is 0.248 e. The Morgan fingerprint density at radius 3 is 2.85 bits per heavy atom. The molecular weight excluding hydrogens is 443 g/mol. The van der Waals surface area contributed by atoms with E-state index in [1.165, 1.54) is 12.3 Å². The Kier molecular flexibility index (Phi) is 6.04. The predicted octanol–water partition coefficient (Wildman–Crippen LogP) is 4.56. The van der Waals surface area contributed by atoms with Gasteiger partial charge in [0.05, 0.1) is 18.4 Å². The summed E-state index contributed by atoms with van der Waals surface area (Å²) in [5.41, 5.74) is 4.41. The molecule has 1 aromatic carbocycles. The molecule has 170 valence electrons. The van der Waals surface area contributed by atoms with Crippen LogP contribution in [0.1, 0.15) is 35.6 Å². The summed E-state index contributed by atoms with van der Waals surface area (Å²) in [5, 5.41) is 7.18. The normalized spacial score (nSPS) is 16.8. The summed E-state index contributed by atoms with van der Waals surface area (Å²) in [6.45, 7) is 1.70. The van der Waals surface area contributed by atoms with Crippen LogP contribution in [-0.4, -0.2) is 38.0 Å². The van der Waals surface area contributed by atoms with Gasteiger partial charge in [-0.1, -0.05) is 15.3 Å². The number of pyridine rings is 1. The van der Waals surface area contributed by atoms with Crippen molar-refractivity contribution in [2.75, 3.05) is 11.9 Å². The molecular formula is C24H24F2N5OP. The molecule has 1 aliphatic carbocycles. The number of benzene rings is 1. The minimum absolute atomic E-state index is 0.331. The van der Waals surface area contributed by atoms with Gasteiger partial charge in [0.2, 0.25) is 5.91 Å². The van der Waals surface area contributed by atoms with Gasteiger partial charge in [0.1, 0.15) is 11.7 Å². The van der Waals surface area contributed by atoms with Crippen molar-refractivity contribution < 1.29 is 13.6 Å². The largest absolute Gasteiger partial charge is 0.323 e. The number of amides is 1. The first-order chi connectivity index (χ1) is 16.0. The molecule has 2 unspecified atom stereocenters. The third-order valence-corrected chi connectivity index (χ3v) is 6.06. The first-order valence-electron chi connectivity index (χ1n) is 10.9. The molecule has 1 amide bonds. The van der Waals surface area contributed by atoms with E-state index >= 15 is 0 Å². The fourth-order valence-electron chi connectivity index (χ4n) is 4.15. The number of fused-ring (bicyclic) bond motifs is 1. The number of alkyl halides is 1. The van der Waals surface area contributed by atoms with Crippen molar-refractivity contribution >= 4 is 26.9 Å². The van der Waals surface area contributed by atoms with Crippen LogP contribution in [0.2, 0.25) is 0 Å². The van der Waals surface area contributed by atoms with Crippen molar-refractivity contribution in [2.45, 2.75) is 37.9 Å². The van der Waals surface area contributed by atoms with Gasteiger partial charge < -0.3 is 5.32 Å². The average molecular weight is 467 g/mol. The zero-order chi connectivity index (χ0) is 22.9. The number of anilines is 1. The fraction of sp³-hybridized carbons (Fsp3) is 0.292. The quantitative estimate of drug-likeness (QED) is 0.409. The van der Waals surface area contributed by atoms with Gasteiger partial charge >= 0.3 is 0 Å². The first kappa shape index (κ1) is 21.9. The Hall–Kier alpha value is -2.96. The van der Waals surface area contributed by atoms with E-state index in [1.54, 1.807) is 12.3 Å². The van der Waals surface area contributed by atoms with Crippen LogP contribution in [0.4, 0.5) is 14.5 Å². The molecule has 0 spiro atoms. The summed E-state index contributed by atoms with van der Waals surface area (Å²) < 4.78 is 29.7. The number of hydrogen-bond donors (Lipinski definition) is 1. The lowest BCUT2D eigenvalue weighted by Crippen LogP contribution is -2.22. The van der Waals surface area contributed by atoms with Crippen LogP contribution in [0.5, 0.6) is 0 Å². The summed E-state index contributed by atoms with van der Waals surface area (Å²) in [4.78, 5) is 18.5. The van der Waals surface area contributed by atoms with Gasteiger partial charge in [0.25, 0.3) is 0 Å². The Balaban J connectivity index is 1.29. The number of halogens is 2. The van der Waals surface area contributed by atoms with E-state index in [2.05, 4.69) is 24.6 Å². The number of nitrogens with one attached hydrogen (secondary N) is 1. The molecule has 0 radical (unpaired) electrons. The number of rotatable bonds is 7. The van der Waals surface area contributed by atoms with Crippen LogP contribution in [0.25, 0.3) is 17.2 Å². The van der Waals surface area contributed by atoms with E-state index < -0.39 is 11.7 Å². The van der Waals surface area contributed by atoms with Crippen molar-refractivity contribution in [3.05, 3.63) is 71.6 Å². The lowest BCUT2D eigenvalue weighted by Gasteiger charge is -2.14. The number of hydrogen-bond acceptors (Lipinski definition) is 4. The van der Waals surface area contributed by atoms with Crippen molar-refractivity contribution in [3.63, 3.8) is 0 Å². The number of nitrogens with zero attached hydrogens (tertiary/aromatic N) is 4. The lowest BCUT2D eigenvalue weighted by atomic mass is 10.0. The van der Waals surface area contributed by atoms with Gasteiger partial charge in [-0.2, -0.15) is 5.10 Å². The van der Waals surface area contributed by atoms with Gasteiger partial charge in [-0.3, -0.25) is 19.4 Å². The van der Waals surface area contributed by atoms with E-state index in [0.717, 1.165) is 30.2 Å². The summed E-state index contributed by atoms with van der Waals surface area (Å²) in [6, 6.07) is 6.10. The Morgan fingerprint density at radius 2 is 2.06 bits per heavy atom. The van der Waals surface area contributed by atoms with Crippen LogP contribution < -0.4 is 5.32 Å². The van der Waals surface area contributed by atoms with Crippen molar-refractivity contribution in [1.29, 1.82) is 0 Å². The third kappa shape index (κ3) is 5.02. The smallest absolute Gasteiger partial charge is 0.248 e. The van der Waals surface area contributed by atoms with E-state index in [4.69, 9.17) is 0 Å². The SMILES string of the molecule is O=C(/C=C/c1cncc(F)c1-c1cnn(C2CC2)c1)Nc1ccc2c(c1)CN(CC(F)P)C2. The zero-order valence-electron chi connectivity index (χ0n) is 17.9. The van der Waals surface area contributed by atoms with Crippen LogP contribution >= 0.6 is 9.24 Å². The van der Waals surface area contributed by atoms with Crippen molar-refractivity contribution in [2.24, 2.45) is 0 Å². The van der Waals surface area contributed by atoms with Crippen LogP contribution in [0.3, 0.4) is 0 Å². The molecule has 1 N–H and O–H groups in total. The summed E-state index contributed by atoms with van der Waals surface area (Å²) in [6.07, 6.45) is 11.3. The molecule has 3 aromatic rings. The molecule has 2 atom stereocenters. The van der Waals surface area contributed by atoms with Gasteiger partial charge in [-0.05, 0) is 42.2 Å².